The van der Waals surface area contributed by atoms with Crippen LogP contribution in [-0.2, 0) is 0 Å². The summed E-state index contributed by atoms with van der Waals surface area (Å²) in [7, 11) is 0. The molecular formula is C21H20O2. The van der Waals surface area contributed by atoms with Crippen molar-refractivity contribution in [1.82, 2.24) is 0 Å². The maximum atomic E-state index is 12.7. The van der Waals surface area contributed by atoms with Crippen LogP contribution in [0.25, 0.3) is 0 Å². The molecule has 0 saturated heterocycles. The van der Waals surface area contributed by atoms with Crippen molar-refractivity contribution in [3.8, 4) is 0 Å². The van der Waals surface area contributed by atoms with Gasteiger partial charge in [0.2, 0.25) is 0 Å². The highest BCUT2D eigenvalue weighted by atomic mass is 16.3. The smallest absolute Gasteiger partial charge is 0.163 e. The minimum Gasteiger partial charge on any atom is -0.466 e. The van der Waals surface area contributed by atoms with Gasteiger partial charge in [-0.15, -0.1) is 0 Å². The number of rotatable bonds is 5. The molecular weight excluding hydrogens is 284 g/mol. The van der Waals surface area contributed by atoms with E-state index in [1.807, 2.05) is 80.6 Å². The first-order chi connectivity index (χ1) is 11.1. The number of Topliss-reactive ketones (excluding diaryl/α,β-unsaturated/α-hetero) is 1. The van der Waals surface area contributed by atoms with Gasteiger partial charge in [0, 0.05) is 17.9 Å². The van der Waals surface area contributed by atoms with Gasteiger partial charge in [-0.25, -0.2) is 0 Å². The average molecular weight is 304 g/mol. The predicted molar refractivity (Wildman–Crippen MR) is 91.9 cm³/mol. The topological polar surface area (TPSA) is 30.2 Å². The van der Waals surface area contributed by atoms with Crippen molar-refractivity contribution in [3.63, 3.8) is 0 Å². The van der Waals surface area contributed by atoms with E-state index in [-0.39, 0.29) is 11.7 Å². The lowest BCUT2D eigenvalue weighted by Gasteiger charge is -2.14. The fraction of sp³-hybridized carbons (Fsp3) is 0.190. The molecule has 0 fully saturated rings. The molecule has 3 aromatic rings. The molecule has 0 bridgehead atoms. The van der Waals surface area contributed by atoms with E-state index >= 15 is 0 Å². The fourth-order valence-electron chi connectivity index (χ4n) is 2.75. The van der Waals surface area contributed by atoms with Crippen molar-refractivity contribution < 1.29 is 9.21 Å². The summed E-state index contributed by atoms with van der Waals surface area (Å²) < 4.78 is 5.80. The third kappa shape index (κ3) is 3.59. The summed E-state index contributed by atoms with van der Waals surface area (Å²) in [5.41, 5.74) is 3.00. The average Bonchev–Trinajstić information content (AvgIpc) is 3.00. The van der Waals surface area contributed by atoms with E-state index < -0.39 is 0 Å². The van der Waals surface area contributed by atoms with Crippen molar-refractivity contribution in [2.45, 2.75) is 26.2 Å². The molecule has 0 aliphatic carbocycles. The monoisotopic (exact) mass is 304 g/mol. The van der Waals surface area contributed by atoms with Crippen LogP contribution >= 0.6 is 0 Å². The summed E-state index contributed by atoms with van der Waals surface area (Å²) in [6.07, 6.45) is 0.403. The number of hydrogen-bond donors (Lipinski definition) is 0. The van der Waals surface area contributed by atoms with Crippen molar-refractivity contribution in [1.29, 1.82) is 0 Å². The van der Waals surface area contributed by atoms with E-state index in [9.17, 15) is 4.79 Å². The Morgan fingerprint density at radius 3 is 2.22 bits per heavy atom. The second-order valence-corrected chi connectivity index (χ2v) is 5.91. The third-order valence-corrected chi connectivity index (χ3v) is 4.07. The Hall–Kier alpha value is -2.61. The predicted octanol–water partition coefficient (Wildman–Crippen LogP) is 5.30. The first-order valence-electron chi connectivity index (χ1n) is 7.84. The number of benzene rings is 2. The summed E-state index contributed by atoms with van der Waals surface area (Å²) >= 11 is 0. The third-order valence-electron chi connectivity index (χ3n) is 4.07. The molecule has 0 aliphatic rings. The van der Waals surface area contributed by atoms with Crippen LogP contribution in [0.15, 0.2) is 71.1 Å². The van der Waals surface area contributed by atoms with Crippen LogP contribution in [0.2, 0.25) is 0 Å². The second-order valence-electron chi connectivity index (χ2n) is 5.91. The molecule has 1 unspecified atom stereocenters. The van der Waals surface area contributed by atoms with Crippen LogP contribution < -0.4 is 0 Å². The number of aryl methyl sites for hydroxylation is 2. The Balaban J connectivity index is 1.90. The summed E-state index contributed by atoms with van der Waals surface area (Å²) in [5, 5.41) is 0. The minimum absolute atomic E-state index is 0.0568. The van der Waals surface area contributed by atoms with Gasteiger partial charge in [0.25, 0.3) is 0 Å². The van der Waals surface area contributed by atoms with Crippen LogP contribution in [0.3, 0.4) is 0 Å². The van der Waals surface area contributed by atoms with Gasteiger partial charge in [-0.2, -0.15) is 0 Å². The lowest BCUT2D eigenvalue weighted by molar-refractivity contribution is 0.0975. The first kappa shape index (κ1) is 15.3. The molecule has 116 valence electrons. The fourth-order valence-corrected chi connectivity index (χ4v) is 2.75. The minimum atomic E-state index is -0.0568. The molecule has 0 radical (unpaired) electrons. The van der Waals surface area contributed by atoms with E-state index in [0.29, 0.717) is 6.42 Å². The number of hydrogen-bond acceptors (Lipinski definition) is 2. The molecule has 0 amide bonds. The molecule has 2 heteroatoms. The molecule has 1 aromatic heterocycles. The highest BCUT2D eigenvalue weighted by Gasteiger charge is 2.21. The van der Waals surface area contributed by atoms with Crippen LogP contribution in [0.4, 0.5) is 0 Å². The summed E-state index contributed by atoms with van der Waals surface area (Å²) in [4.78, 5) is 12.7. The zero-order chi connectivity index (χ0) is 16.2. The molecule has 23 heavy (non-hydrogen) atoms. The van der Waals surface area contributed by atoms with Gasteiger partial charge < -0.3 is 4.42 Å². The van der Waals surface area contributed by atoms with Crippen molar-refractivity contribution in [2.24, 2.45) is 0 Å². The van der Waals surface area contributed by atoms with Gasteiger partial charge in [-0.3, -0.25) is 4.79 Å². The van der Waals surface area contributed by atoms with E-state index in [2.05, 4.69) is 0 Å². The van der Waals surface area contributed by atoms with Crippen molar-refractivity contribution in [2.75, 3.05) is 0 Å². The van der Waals surface area contributed by atoms with Gasteiger partial charge in [0.1, 0.15) is 11.5 Å². The molecule has 2 nitrogen and oxygen atoms in total. The van der Waals surface area contributed by atoms with E-state index in [0.717, 1.165) is 28.2 Å². The molecule has 0 aliphatic heterocycles. The zero-order valence-electron chi connectivity index (χ0n) is 13.5. The van der Waals surface area contributed by atoms with E-state index in [4.69, 9.17) is 4.42 Å². The van der Waals surface area contributed by atoms with Gasteiger partial charge >= 0.3 is 0 Å². The Morgan fingerprint density at radius 1 is 0.913 bits per heavy atom. The lowest BCUT2D eigenvalue weighted by atomic mass is 9.89. The maximum absolute atomic E-state index is 12.7. The SMILES string of the molecule is Cc1ccc(C(=O)CC(c2ccccc2)c2ccc(C)o2)cc1. The molecule has 1 atom stereocenters. The molecule has 2 aromatic carbocycles. The number of furan rings is 1. The Labute approximate surface area is 136 Å². The highest BCUT2D eigenvalue weighted by molar-refractivity contribution is 5.96. The van der Waals surface area contributed by atoms with Gasteiger partial charge in [-0.05, 0) is 31.5 Å². The van der Waals surface area contributed by atoms with Crippen LogP contribution in [-0.4, -0.2) is 5.78 Å². The molecule has 1 heterocycles. The Morgan fingerprint density at radius 2 is 1.61 bits per heavy atom. The second kappa shape index (κ2) is 6.66. The van der Waals surface area contributed by atoms with Gasteiger partial charge in [0.15, 0.2) is 5.78 Å². The number of ketones is 1. The first-order valence-corrected chi connectivity index (χ1v) is 7.84. The normalized spacial score (nSPS) is 12.1. The largest absolute Gasteiger partial charge is 0.466 e. The summed E-state index contributed by atoms with van der Waals surface area (Å²) in [6.45, 7) is 3.94. The standard InChI is InChI=1S/C21H20O2/c1-15-8-11-18(12-9-15)20(22)14-19(17-6-4-3-5-7-17)21-13-10-16(2)23-21/h3-13,19H,14H2,1-2H3. The molecule has 0 spiro atoms. The van der Waals surface area contributed by atoms with Crippen molar-refractivity contribution >= 4 is 5.78 Å². The van der Waals surface area contributed by atoms with Crippen LogP contribution in [0.1, 0.15) is 45.3 Å². The lowest BCUT2D eigenvalue weighted by Crippen LogP contribution is -2.08. The highest BCUT2D eigenvalue weighted by Crippen LogP contribution is 2.30. The molecule has 3 rings (SSSR count). The summed E-state index contributed by atoms with van der Waals surface area (Å²) in [6, 6.07) is 21.7. The Kier molecular flexibility index (Phi) is 4.42. The Bertz CT molecular complexity index is 782. The van der Waals surface area contributed by atoms with Crippen molar-refractivity contribution in [3.05, 3.63) is 94.9 Å². The molecule has 0 saturated carbocycles. The van der Waals surface area contributed by atoms with Gasteiger partial charge in [-0.1, -0.05) is 60.2 Å². The van der Waals surface area contributed by atoms with Gasteiger partial charge in [0.05, 0.1) is 0 Å². The zero-order valence-corrected chi connectivity index (χ0v) is 13.5. The van der Waals surface area contributed by atoms with E-state index in [1.165, 1.54) is 0 Å². The number of carbonyl (C=O) groups is 1. The van der Waals surface area contributed by atoms with Crippen LogP contribution in [0.5, 0.6) is 0 Å². The maximum Gasteiger partial charge on any atom is 0.163 e. The van der Waals surface area contributed by atoms with E-state index in [1.54, 1.807) is 0 Å². The quantitative estimate of drug-likeness (QED) is 0.599. The molecule has 0 N–H and O–H groups in total. The summed E-state index contributed by atoms with van der Waals surface area (Å²) in [5.74, 6) is 1.78. The van der Waals surface area contributed by atoms with Crippen LogP contribution in [0, 0.1) is 13.8 Å². The number of carbonyl (C=O) groups excluding carboxylic acids is 1.